The van der Waals surface area contributed by atoms with Crippen molar-refractivity contribution >= 4 is 0 Å². The van der Waals surface area contributed by atoms with Gasteiger partial charge in [0.2, 0.25) is 0 Å². The lowest BCUT2D eigenvalue weighted by atomic mass is 10.1. The van der Waals surface area contributed by atoms with Crippen molar-refractivity contribution < 1.29 is 9.50 Å². The number of hydrogen-bond acceptors (Lipinski definition) is 3. The van der Waals surface area contributed by atoms with Crippen LogP contribution in [0.3, 0.4) is 0 Å². The number of pyridine rings is 1. The van der Waals surface area contributed by atoms with E-state index in [0.717, 1.165) is 11.3 Å². The number of rotatable bonds is 4. The average Bonchev–Trinajstić information content (AvgIpc) is 2.40. The molecule has 0 fully saturated rings. The molecule has 0 radical (unpaired) electrons. The van der Waals surface area contributed by atoms with E-state index < -0.39 is 0 Å². The molecule has 1 aromatic heterocycles. The Balaban J connectivity index is 2.02. The fraction of sp³-hybridized carbons (Fsp3) is 0.267. The molecule has 2 rings (SSSR count). The van der Waals surface area contributed by atoms with Crippen molar-refractivity contribution in [1.82, 2.24) is 10.3 Å². The van der Waals surface area contributed by atoms with E-state index in [1.807, 2.05) is 13.8 Å². The van der Waals surface area contributed by atoms with E-state index >= 15 is 0 Å². The van der Waals surface area contributed by atoms with Gasteiger partial charge in [-0.25, -0.2) is 4.39 Å². The summed E-state index contributed by atoms with van der Waals surface area (Å²) in [7, 11) is 0. The molecule has 19 heavy (non-hydrogen) atoms. The number of halogens is 1. The van der Waals surface area contributed by atoms with E-state index in [1.54, 1.807) is 24.3 Å². The molecule has 0 aliphatic carbocycles. The van der Waals surface area contributed by atoms with Gasteiger partial charge in [0.05, 0.1) is 5.69 Å². The first-order valence-electron chi connectivity index (χ1n) is 6.20. The van der Waals surface area contributed by atoms with E-state index in [0.29, 0.717) is 12.2 Å². The Morgan fingerprint density at radius 3 is 2.58 bits per heavy atom. The van der Waals surface area contributed by atoms with Gasteiger partial charge in [0.1, 0.15) is 11.6 Å². The van der Waals surface area contributed by atoms with Crippen molar-refractivity contribution in [2.75, 3.05) is 0 Å². The zero-order valence-corrected chi connectivity index (χ0v) is 11.0. The smallest absolute Gasteiger partial charge is 0.138 e. The molecule has 0 saturated carbocycles. The predicted molar refractivity (Wildman–Crippen MR) is 72.3 cm³/mol. The van der Waals surface area contributed by atoms with E-state index in [2.05, 4.69) is 10.3 Å². The van der Waals surface area contributed by atoms with Crippen LogP contribution in [0.25, 0.3) is 0 Å². The Morgan fingerprint density at radius 2 is 1.89 bits per heavy atom. The number of aryl methyl sites for hydroxylation is 1. The minimum atomic E-state index is -0.242. The van der Waals surface area contributed by atoms with Crippen molar-refractivity contribution in [1.29, 1.82) is 0 Å². The summed E-state index contributed by atoms with van der Waals surface area (Å²) in [5.41, 5.74) is 2.48. The number of aromatic hydroxyl groups is 1. The minimum absolute atomic E-state index is 0.0577. The van der Waals surface area contributed by atoms with Gasteiger partial charge in [0.15, 0.2) is 0 Å². The molecule has 0 spiro atoms. The standard InChI is InChI=1S/C15H17FN2O/c1-10-3-8-15(19)14(18-10)9-17-11(2)12-4-6-13(16)7-5-12/h3-8,11,17,19H,9H2,1-2H3. The van der Waals surface area contributed by atoms with Crippen LogP contribution < -0.4 is 5.32 Å². The topological polar surface area (TPSA) is 45.1 Å². The van der Waals surface area contributed by atoms with Gasteiger partial charge in [0.25, 0.3) is 0 Å². The molecule has 1 heterocycles. The fourth-order valence-electron chi connectivity index (χ4n) is 1.85. The van der Waals surface area contributed by atoms with Crippen LogP contribution in [0.2, 0.25) is 0 Å². The van der Waals surface area contributed by atoms with Gasteiger partial charge in [0, 0.05) is 18.3 Å². The quantitative estimate of drug-likeness (QED) is 0.888. The highest BCUT2D eigenvalue weighted by atomic mass is 19.1. The van der Waals surface area contributed by atoms with Crippen LogP contribution in [0.15, 0.2) is 36.4 Å². The number of hydrogen-bond donors (Lipinski definition) is 2. The number of nitrogens with one attached hydrogen (secondary N) is 1. The molecule has 0 aliphatic rings. The monoisotopic (exact) mass is 260 g/mol. The van der Waals surface area contributed by atoms with E-state index in [9.17, 15) is 9.50 Å². The third-order valence-corrected chi connectivity index (χ3v) is 3.04. The van der Waals surface area contributed by atoms with Gasteiger partial charge >= 0.3 is 0 Å². The zero-order valence-electron chi connectivity index (χ0n) is 11.0. The summed E-state index contributed by atoms with van der Waals surface area (Å²) in [5, 5.41) is 13.0. The van der Waals surface area contributed by atoms with Gasteiger partial charge in [-0.3, -0.25) is 4.98 Å². The second kappa shape index (κ2) is 5.80. The maximum Gasteiger partial charge on any atom is 0.138 e. The highest BCUT2D eigenvalue weighted by Gasteiger charge is 2.08. The van der Waals surface area contributed by atoms with E-state index in [-0.39, 0.29) is 17.6 Å². The highest BCUT2D eigenvalue weighted by molar-refractivity contribution is 5.28. The summed E-state index contributed by atoms with van der Waals surface area (Å²) in [4.78, 5) is 4.28. The lowest BCUT2D eigenvalue weighted by molar-refractivity contribution is 0.454. The number of nitrogens with zero attached hydrogens (tertiary/aromatic N) is 1. The van der Waals surface area contributed by atoms with Crippen LogP contribution in [0.5, 0.6) is 5.75 Å². The molecule has 2 N–H and O–H groups in total. The first kappa shape index (κ1) is 13.5. The molecule has 100 valence electrons. The zero-order chi connectivity index (χ0) is 13.8. The Bertz CT molecular complexity index is 555. The van der Waals surface area contributed by atoms with Gasteiger partial charge < -0.3 is 10.4 Å². The van der Waals surface area contributed by atoms with Crippen LogP contribution in [0.1, 0.15) is 29.9 Å². The molecule has 0 bridgehead atoms. The Hall–Kier alpha value is -1.94. The third kappa shape index (κ3) is 3.51. The summed E-state index contributed by atoms with van der Waals surface area (Å²) in [6.45, 7) is 4.33. The molecule has 2 aromatic rings. The second-order valence-electron chi connectivity index (χ2n) is 4.57. The van der Waals surface area contributed by atoms with Crippen molar-refractivity contribution in [3.63, 3.8) is 0 Å². The first-order valence-corrected chi connectivity index (χ1v) is 6.20. The minimum Gasteiger partial charge on any atom is -0.506 e. The second-order valence-corrected chi connectivity index (χ2v) is 4.57. The molecule has 0 aliphatic heterocycles. The summed E-state index contributed by atoms with van der Waals surface area (Å²) in [5.74, 6) is -0.0571. The molecular weight excluding hydrogens is 243 g/mol. The van der Waals surface area contributed by atoms with Crippen molar-refractivity contribution in [3.05, 3.63) is 59.2 Å². The Kier molecular flexibility index (Phi) is 4.12. The summed E-state index contributed by atoms with van der Waals surface area (Å²) < 4.78 is 12.8. The lowest BCUT2D eigenvalue weighted by Crippen LogP contribution is -2.19. The highest BCUT2D eigenvalue weighted by Crippen LogP contribution is 2.17. The fourth-order valence-corrected chi connectivity index (χ4v) is 1.85. The molecule has 4 heteroatoms. The Labute approximate surface area is 112 Å². The summed E-state index contributed by atoms with van der Waals surface area (Å²) in [6, 6.07) is 9.84. The molecular formula is C15H17FN2O. The predicted octanol–water partition coefficient (Wildman–Crippen LogP) is 3.09. The largest absolute Gasteiger partial charge is 0.506 e. The SMILES string of the molecule is Cc1ccc(O)c(CNC(C)c2ccc(F)cc2)n1. The molecule has 1 unspecified atom stereocenters. The summed E-state index contributed by atoms with van der Waals surface area (Å²) in [6.07, 6.45) is 0. The molecule has 0 amide bonds. The van der Waals surface area contributed by atoms with Crippen molar-refractivity contribution in [2.24, 2.45) is 0 Å². The summed E-state index contributed by atoms with van der Waals surface area (Å²) >= 11 is 0. The average molecular weight is 260 g/mol. The third-order valence-electron chi connectivity index (χ3n) is 3.04. The maximum absolute atomic E-state index is 12.8. The van der Waals surface area contributed by atoms with E-state index in [4.69, 9.17) is 0 Å². The number of benzene rings is 1. The molecule has 0 saturated heterocycles. The molecule has 1 aromatic carbocycles. The van der Waals surface area contributed by atoms with Gasteiger partial charge in [-0.2, -0.15) is 0 Å². The van der Waals surface area contributed by atoms with Crippen LogP contribution in [-0.2, 0) is 6.54 Å². The van der Waals surface area contributed by atoms with Gasteiger partial charge in [-0.05, 0) is 43.7 Å². The molecule has 1 atom stereocenters. The normalized spacial score (nSPS) is 12.4. The van der Waals surface area contributed by atoms with Gasteiger partial charge in [-0.15, -0.1) is 0 Å². The van der Waals surface area contributed by atoms with Crippen LogP contribution in [0, 0.1) is 12.7 Å². The van der Waals surface area contributed by atoms with Gasteiger partial charge in [-0.1, -0.05) is 12.1 Å². The van der Waals surface area contributed by atoms with E-state index in [1.165, 1.54) is 12.1 Å². The number of aromatic nitrogens is 1. The first-order chi connectivity index (χ1) is 9.06. The van der Waals surface area contributed by atoms with Crippen LogP contribution in [0.4, 0.5) is 4.39 Å². The molecule has 3 nitrogen and oxygen atoms in total. The van der Waals surface area contributed by atoms with Crippen LogP contribution >= 0.6 is 0 Å². The van der Waals surface area contributed by atoms with Crippen molar-refractivity contribution in [2.45, 2.75) is 26.4 Å². The van der Waals surface area contributed by atoms with Crippen molar-refractivity contribution in [3.8, 4) is 5.75 Å². The maximum atomic E-state index is 12.8. The lowest BCUT2D eigenvalue weighted by Gasteiger charge is -2.14. The van der Waals surface area contributed by atoms with Crippen LogP contribution in [-0.4, -0.2) is 10.1 Å². The Morgan fingerprint density at radius 1 is 1.21 bits per heavy atom.